The standard InChI is InChI=1S/C14H28N2O3/c1-18-9-10-19-8-3-2-7-16-14(17)13-6-4-5-12(13)11-15/h12-13H,2-11,15H2,1H3,(H,16,17). The van der Waals surface area contributed by atoms with Crippen molar-refractivity contribution >= 4 is 5.91 Å². The van der Waals surface area contributed by atoms with Crippen LogP contribution in [-0.4, -0.2) is 45.9 Å². The van der Waals surface area contributed by atoms with Gasteiger partial charge >= 0.3 is 0 Å². The average molecular weight is 272 g/mol. The molecular formula is C14H28N2O3. The molecule has 5 nitrogen and oxygen atoms in total. The van der Waals surface area contributed by atoms with Crippen LogP contribution in [0.1, 0.15) is 32.1 Å². The number of methoxy groups -OCH3 is 1. The summed E-state index contributed by atoms with van der Waals surface area (Å²) >= 11 is 0. The summed E-state index contributed by atoms with van der Waals surface area (Å²) in [6, 6.07) is 0. The molecule has 3 N–H and O–H groups in total. The van der Waals surface area contributed by atoms with E-state index >= 15 is 0 Å². The number of carbonyl (C=O) groups excluding carboxylic acids is 1. The predicted octanol–water partition coefficient (Wildman–Crippen LogP) is 0.921. The van der Waals surface area contributed by atoms with E-state index in [0.717, 1.165) is 45.3 Å². The lowest BCUT2D eigenvalue weighted by atomic mass is 9.95. The maximum Gasteiger partial charge on any atom is 0.223 e. The molecule has 1 rings (SSSR count). The molecule has 2 atom stereocenters. The van der Waals surface area contributed by atoms with E-state index < -0.39 is 0 Å². The number of hydrogen-bond acceptors (Lipinski definition) is 4. The number of carbonyl (C=O) groups is 1. The van der Waals surface area contributed by atoms with Gasteiger partial charge in [0.1, 0.15) is 0 Å². The van der Waals surface area contributed by atoms with Gasteiger partial charge in [-0.15, -0.1) is 0 Å². The molecule has 0 aromatic rings. The quantitative estimate of drug-likeness (QED) is 0.580. The molecule has 0 heterocycles. The van der Waals surface area contributed by atoms with Crippen LogP contribution in [-0.2, 0) is 14.3 Å². The van der Waals surface area contributed by atoms with Gasteiger partial charge in [-0.2, -0.15) is 0 Å². The van der Waals surface area contributed by atoms with Gasteiger partial charge in [0.25, 0.3) is 0 Å². The van der Waals surface area contributed by atoms with Gasteiger partial charge in [0.15, 0.2) is 0 Å². The van der Waals surface area contributed by atoms with Gasteiger partial charge in [0.2, 0.25) is 5.91 Å². The lowest BCUT2D eigenvalue weighted by Gasteiger charge is -2.17. The van der Waals surface area contributed by atoms with Crippen LogP contribution in [0.3, 0.4) is 0 Å². The van der Waals surface area contributed by atoms with Gasteiger partial charge in [-0.3, -0.25) is 4.79 Å². The Kier molecular flexibility index (Phi) is 8.79. The summed E-state index contributed by atoms with van der Waals surface area (Å²) in [5.41, 5.74) is 5.69. The van der Waals surface area contributed by atoms with Crippen molar-refractivity contribution in [3.63, 3.8) is 0 Å². The topological polar surface area (TPSA) is 73.6 Å². The van der Waals surface area contributed by atoms with Crippen LogP contribution >= 0.6 is 0 Å². The predicted molar refractivity (Wildman–Crippen MR) is 74.8 cm³/mol. The van der Waals surface area contributed by atoms with Crippen LogP contribution in [0.5, 0.6) is 0 Å². The molecule has 1 fully saturated rings. The minimum Gasteiger partial charge on any atom is -0.382 e. The Morgan fingerprint density at radius 1 is 1.26 bits per heavy atom. The molecule has 19 heavy (non-hydrogen) atoms. The lowest BCUT2D eigenvalue weighted by Crippen LogP contribution is -2.35. The summed E-state index contributed by atoms with van der Waals surface area (Å²) in [6.07, 6.45) is 5.15. The first-order valence-corrected chi connectivity index (χ1v) is 7.34. The highest BCUT2D eigenvalue weighted by Crippen LogP contribution is 2.30. The smallest absolute Gasteiger partial charge is 0.223 e. The van der Waals surface area contributed by atoms with Crippen LogP contribution in [0.2, 0.25) is 0 Å². The summed E-state index contributed by atoms with van der Waals surface area (Å²) in [4.78, 5) is 12.0. The molecular weight excluding hydrogens is 244 g/mol. The normalized spacial score (nSPS) is 22.6. The fourth-order valence-electron chi connectivity index (χ4n) is 2.58. The molecule has 0 aromatic carbocycles. The summed E-state index contributed by atoms with van der Waals surface area (Å²) in [7, 11) is 1.66. The van der Waals surface area contributed by atoms with Crippen LogP contribution in [0, 0.1) is 11.8 Å². The van der Waals surface area contributed by atoms with Crippen molar-refractivity contribution in [3.8, 4) is 0 Å². The molecule has 2 unspecified atom stereocenters. The summed E-state index contributed by atoms with van der Waals surface area (Å²) in [5.74, 6) is 0.716. The molecule has 1 saturated carbocycles. The maximum absolute atomic E-state index is 12.0. The zero-order chi connectivity index (χ0) is 13.9. The molecule has 0 aliphatic heterocycles. The highest BCUT2D eigenvalue weighted by atomic mass is 16.5. The van der Waals surface area contributed by atoms with Gasteiger partial charge < -0.3 is 20.5 Å². The van der Waals surface area contributed by atoms with Crippen molar-refractivity contribution in [2.24, 2.45) is 17.6 Å². The maximum atomic E-state index is 12.0. The fraction of sp³-hybridized carbons (Fsp3) is 0.929. The third kappa shape index (κ3) is 6.36. The van der Waals surface area contributed by atoms with E-state index in [4.69, 9.17) is 15.2 Å². The van der Waals surface area contributed by atoms with E-state index in [1.807, 2.05) is 0 Å². The Morgan fingerprint density at radius 2 is 2.11 bits per heavy atom. The number of rotatable bonds is 10. The molecule has 1 amide bonds. The summed E-state index contributed by atoms with van der Waals surface area (Å²) in [5, 5.41) is 3.02. The Labute approximate surface area is 116 Å². The number of unbranched alkanes of at least 4 members (excludes halogenated alkanes) is 1. The molecule has 0 radical (unpaired) electrons. The van der Waals surface area contributed by atoms with Crippen molar-refractivity contribution in [1.29, 1.82) is 0 Å². The van der Waals surface area contributed by atoms with Crippen LogP contribution in [0.15, 0.2) is 0 Å². The molecule has 0 saturated heterocycles. The van der Waals surface area contributed by atoms with Crippen molar-refractivity contribution in [2.45, 2.75) is 32.1 Å². The van der Waals surface area contributed by atoms with Gasteiger partial charge in [0.05, 0.1) is 13.2 Å². The number of hydrogen-bond donors (Lipinski definition) is 2. The first-order chi connectivity index (χ1) is 9.29. The monoisotopic (exact) mass is 272 g/mol. The Balaban J connectivity index is 1.98. The number of nitrogens with one attached hydrogen (secondary N) is 1. The second kappa shape index (κ2) is 10.2. The molecule has 1 aliphatic rings. The second-order valence-corrected chi connectivity index (χ2v) is 5.14. The van der Waals surface area contributed by atoms with E-state index in [1.54, 1.807) is 7.11 Å². The van der Waals surface area contributed by atoms with Gasteiger partial charge in [0, 0.05) is 26.2 Å². The minimum absolute atomic E-state index is 0.142. The van der Waals surface area contributed by atoms with Crippen molar-refractivity contribution in [1.82, 2.24) is 5.32 Å². The van der Waals surface area contributed by atoms with Crippen LogP contribution in [0.25, 0.3) is 0 Å². The lowest BCUT2D eigenvalue weighted by molar-refractivity contribution is -0.125. The van der Waals surface area contributed by atoms with Crippen molar-refractivity contribution in [2.75, 3.05) is 40.0 Å². The van der Waals surface area contributed by atoms with Crippen LogP contribution in [0.4, 0.5) is 0 Å². The number of amides is 1. The van der Waals surface area contributed by atoms with Gasteiger partial charge in [-0.1, -0.05) is 6.42 Å². The zero-order valence-corrected chi connectivity index (χ0v) is 12.0. The highest BCUT2D eigenvalue weighted by Gasteiger charge is 2.31. The third-order valence-corrected chi connectivity index (χ3v) is 3.75. The molecule has 5 heteroatoms. The highest BCUT2D eigenvalue weighted by molar-refractivity contribution is 5.79. The zero-order valence-electron chi connectivity index (χ0n) is 12.0. The summed E-state index contributed by atoms with van der Waals surface area (Å²) in [6.45, 7) is 3.38. The fourth-order valence-corrected chi connectivity index (χ4v) is 2.58. The van der Waals surface area contributed by atoms with E-state index in [-0.39, 0.29) is 11.8 Å². The Hall–Kier alpha value is -0.650. The first-order valence-electron chi connectivity index (χ1n) is 7.34. The van der Waals surface area contributed by atoms with E-state index in [1.165, 1.54) is 0 Å². The van der Waals surface area contributed by atoms with Gasteiger partial charge in [-0.05, 0) is 38.1 Å². The van der Waals surface area contributed by atoms with Crippen molar-refractivity contribution < 1.29 is 14.3 Å². The van der Waals surface area contributed by atoms with E-state index in [0.29, 0.717) is 25.7 Å². The Bertz CT molecular complexity index is 249. The molecule has 0 spiro atoms. The summed E-state index contributed by atoms with van der Waals surface area (Å²) < 4.78 is 10.2. The number of ether oxygens (including phenoxy) is 2. The van der Waals surface area contributed by atoms with Crippen LogP contribution < -0.4 is 11.1 Å². The van der Waals surface area contributed by atoms with E-state index in [2.05, 4.69) is 5.32 Å². The van der Waals surface area contributed by atoms with Gasteiger partial charge in [-0.25, -0.2) is 0 Å². The largest absolute Gasteiger partial charge is 0.382 e. The SMILES string of the molecule is COCCOCCCCNC(=O)C1CCCC1CN. The second-order valence-electron chi connectivity index (χ2n) is 5.14. The third-order valence-electron chi connectivity index (χ3n) is 3.75. The molecule has 1 aliphatic carbocycles. The number of nitrogens with two attached hydrogens (primary N) is 1. The minimum atomic E-state index is 0.142. The molecule has 0 bridgehead atoms. The molecule has 0 aromatic heterocycles. The average Bonchev–Trinajstić information content (AvgIpc) is 2.90. The molecule has 112 valence electrons. The van der Waals surface area contributed by atoms with E-state index in [9.17, 15) is 4.79 Å². The first kappa shape index (κ1) is 16.4. The van der Waals surface area contributed by atoms with Crippen molar-refractivity contribution in [3.05, 3.63) is 0 Å². The Morgan fingerprint density at radius 3 is 2.84 bits per heavy atom.